The number of aldehydes is 1. The number of carbonyl (C=O) groups excluding carboxylic acids is 1. The molecule has 1 aromatic rings. The lowest BCUT2D eigenvalue weighted by molar-refractivity contribution is 0.112. The number of carbonyl (C=O) groups is 1. The van der Waals surface area contributed by atoms with Crippen LogP contribution in [0.15, 0.2) is 18.2 Å². The molecule has 0 bridgehead atoms. The fraction of sp³-hybridized carbons (Fsp3) is 0.562. The van der Waals surface area contributed by atoms with Crippen molar-refractivity contribution < 1.29 is 4.79 Å². The minimum absolute atomic E-state index is 0.665. The van der Waals surface area contributed by atoms with E-state index in [0.717, 1.165) is 24.2 Å². The Balaban J connectivity index is 2.39. The molecule has 0 heterocycles. The van der Waals surface area contributed by atoms with E-state index in [1.54, 1.807) is 0 Å². The maximum absolute atomic E-state index is 11.1. The zero-order valence-electron chi connectivity index (χ0n) is 10.9. The van der Waals surface area contributed by atoms with Gasteiger partial charge in [-0.3, -0.25) is 4.79 Å². The van der Waals surface area contributed by atoms with Crippen molar-refractivity contribution in [1.29, 1.82) is 0 Å². The third kappa shape index (κ3) is 2.43. The van der Waals surface area contributed by atoms with Gasteiger partial charge in [0.2, 0.25) is 0 Å². The Kier molecular flexibility index (Phi) is 3.98. The van der Waals surface area contributed by atoms with Crippen LogP contribution in [0.25, 0.3) is 0 Å². The summed E-state index contributed by atoms with van der Waals surface area (Å²) in [5.74, 6) is 1.43. The summed E-state index contributed by atoms with van der Waals surface area (Å²) in [7, 11) is 0. The molecule has 0 radical (unpaired) electrons. The first-order valence-corrected chi connectivity index (χ1v) is 6.84. The molecule has 92 valence electrons. The van der Waals surface area contributed by atoms with E-state index >= 15 is 0 Å². The Morgan fingerprint density at radius 1 is 1.29 bits per heavy atom. The van der Waals surface area contributed by atoms with Crippen molar-refractivity contribution in [2.24, 2.45) is 5.92 Å². The van der Waals surface area contributed by atoms with Crippen molar-refractivity contribution in [2.75, 3.05) is 0 Å². The van der Waals surface area contributed by atoms with Gasteiger partial charge in [-0.1, -0.05) is 51.3 Å². The summed E-state index contributed by atoms with van der Waals surface area (Å²) in [5, 5.41) is 0. The van der Waals surface area contributed by atoms with Gasteiger partial charge in [0.1, 0.15) is 6.29 Å². The Bertz CT molecular complexity index is 395. The third-order valence-electron chi connectivity index (χ3n) is 4.24. The summed E-state index contributed by atoms with van der Waals surface area (Å²) in [4.78, 5) is 11.1. The molecule has 2 unspecified atom stereocenters. The monoisotopic (exact) mass is 230 g/mol. The highest BCUT2D eigenvalue weighted by Gasteiger charge is 2.25. The zero-order chi connectivity index (χ0) is 12.3. The second-order valence-corrected chi connectivity index (χ2v) is 5.25. The Labute approximate surface area is 104 Å². The molecule has 1 saturated carbocycles. The predicted molar refractivity (Wildman–Crippen MR) is 71.6 cm³/mol. The van der Waals surface area contributed by atoms with E-state index < -0.39 is 0 Å². The van der Waals surface area contributed by atoms with Gasteiger partial charge >= 0.3 is 0 Å². The van der Waals surface area contributed by atoms with Crippen LogP contribution in [-0.2, 0) is 6.42 Å². The molecule has 2 rings (SSSR count). The molecule has 1 aliphatic rings. The van der Waals surface area contributed by atoms with Crippen LogP contribution >= 0.6 is 0 Å². The van der Waals surface area contributed by atoms with Gasteiger partial charge in [0.25, 0.3) is 0 Å². The average Bonchev–Trinajstić information content (AvgIpc) is 2.38. The van der Waals surface area contributed by atoms with Gasteiger partial charge in [0.05, 0.1) is 0 Å². The van der Waals surface area contributed by atoms with E-state index in [1.807, 2.05) is 12.1 Å². The molecule has 1 heteroatoms. The van der Waals surface area contributed by atoms with Gasteiger partial charge in [-0.25, -0.2) is 0 Å². The van der Waals surface area contributed by atoms with Crippen LogP contribution < -0.4 is 0 Å². The molecule has 1 aliphatic carbocycles. The van der Waals surface area contributed by atoms with Crippen LogP contribution in [0.1, 0.15) is 66.9 Å². The molecular formula is C16H22O. The van der Waals surface area contributed by atoms with E-state index in [-0.39, 0.29) is 0 Å². The summed E-state index contributed by atoms with van der Waals surface area (Å²) in [5.41, 5.74) is 3.60. The summed E-state index contributed by atoms with van der Waals surface area (Å²) >= 11 is 0. The number of hydrogen-bond donors (Lipinski definition) is 0. The van der Waals surface area contributed by atoms with Crippen LogP contribution in [-0.4, -0.2) is 6.29 Å². The molecule has 17 heavy (non-hydrogen) atoms. The third-order valence-corrected chi connectivity index (χ3v) is 4.24. The van der Waals surface area contributed by atoms with Gasteiger partial charge in [-0.05, 0) is 35.8 Å². The van der Waals surface area contributed by atoms with E-state index in [1.165, 1.54) is 36.8 Å². The molecule has 0 amide bonds. The van der Waals surface area contributed by atoms with Crippen LogP contribution in [0.2, 0.25) is 0 Å². The van der Waals surface area contributed by atoms with Crippen LogP contribution in [0.5, 0.6) is 0 Å². The van der Waals surface area contributed by atoms with Crippen molar-refractivity contribution in [3.05, 3.63) is 34.9 Å². The minimum Gasteiger partial charge on any atom is -0.298 e. The van der Waals surface area contributed by atoms with Crippen molar-refractivity contribution in [1.82, 2.24) is 0 Å². The number of benzene rings is 1. The van der Waals surface area contributed by atoms with Gasteiger partial charge in [-0.15, -0.1) is 0 Å². The van der Waals surface area contributed by atoms with Gasteiger partial charge < -0.3 is 0 Å². The SMILES string of the molecule is CCc1c(C=O)cccc1C1CCCCC1C. The topological polar surface area (TPSA) is 17.1 Å². The fourth-order valence-electron chi connectivity index (χ4n) is 3.27. The summed E-state index contributed by atoms with van der Waals surface area (Å²) in [6.45, 7) is 4.51. The molecule has 0 saturated heterocycles. The summed E-state index contributed by atoms with van der Waals surface area (Å²) in [6.07, 6.45) is 7.30. The first-order chi connectivity index (χ1) is 8.27. The lowest BCUT2D eigenvalue weighted by Crippen LogP contribution is -2.17. The van der Waals surface area contributed by atoms with E-state index in [9.17, 15) is 4.79 Å². The average molecular weight is 230 g/mol. The van der Waals surface area contributed by atoms with Crippen LogP contribution in [0, 0.1) is 5.92 Å². The minimum atomic E-state index is 0.665. The number of hydrogen-bond acceptors (Lipinski definition) is 1. The van der Waals surface area contributed by atoms with Gasteiger partial charge in [0.15, 0.2) is 0 Å². The maximum Gasteiger partial charge on any atom is 0.150 e. The number of rotatable bonds is 3. The second-order valence-electron chi connectivity index (χ2n) is 5.25. The molecule has 2 atom stereocenters. The molecule has 1 aromatic carbocycles. The zero-order valence-corrected chi connectivity index (χ0v) is 10.9. The quantitative estimate of drug-likeness (QED) is 0.705. The lowest BCUT2D eigenvalue weighted by atomic mass is 9.74. The van der Waals surface area contributed by atoms with Crippen LogP contribution in [0.4, 0.5) is 0 Å². The highest BCUT2D eigenvalue weighted by Crippen LogP contribution is 2.39. The van der Waals surface area contributed by atoms with E-state index in [2.05, 4.69) is 19.9 Å². The Morgan fingerprint density at radius 3 is 2.71 bits per heavy atom. The molecule has 1 nitrogen and oxygen atoms in total. The Hall–Kier alpha value is -1.11. The molecule has 0 aliphatic heterocycles. The first-order valence-electron chi connectivity index (χ1n) is 6.84. The summed E-state index contributed by atoms with van der Waals surface area (Å²) < 4.78 is 0. The largest absolute Gasteiger partial charge is 0.298 e. The Morgan fingerprint density at radius 2 is 2.06 bits per heavy atom. The highest BCUT2D eigenvalue weighted by atomic mass is 16.1. The van der Waals surface area contributed by atoms with Crippen LogP contribution in [0.3, 0.4) is 0 Å². The molecular weight excluding hydrogens is 208 g/mol. The van der Waals surface area contributed by atoms with Gasteiger partial charge in [0, 0.05) is 5.56 Å². The highest BCUT2D eigenvalue weighted by molar-refractivity contribution is 5.78. The molecule has 1 fully saturated rings. The second kappa shape index (κ2) is 5.48. The lowest BCUT2D eigenvalue weighted by Gasteiger charge is -2.31. The van der Waals surface area contributed by atoms with Crippen molar-refractivity contribution in [3.63, 3.8) is 0 Å². The molecule has 0 spiro atoms. The van der Waals surface area contributed by atoms with E-state index in [0.29, 0.717) is 5.92 Å². The van der Waals surface area contributed by atoms with Crippen molar-refractivity contribution >= 4 is 6.29 Å². The standard InChI is InChI=1S/C16H22O/c1-3-14-13(11-17)8-6-10-16(14)15-9-5-4-7-12(15)2/h6,8,10-12,15H,3-5,7,9H2,1-2H3. The smallest absolute Gasteiger partial charge is 0.150 e. The molecule has 0 N–H and O–H groups in total. The summed E-state index contributed by atoms with van der Waals surface area (Å²) in [6, 6.07) is 6.22. The van der Waals surface area contributed by atoms with E-state index in [4.69, 9.17) is 0 Å². The fourth-order valence-corrected chi connectivity index (χ4v) is 3.27. The maximum atomic E-state index is 11.1. The predicted octanol–water partition coefficient (Wildman–Crippen LogP) is 4.36. The van der Waals surface area contributed by atoms with Gasteiger partial charge in [-0.2, -0.15) is 0 Å². The van der Waals surface area contributed by atoms with Crippen molar-refractivity contribution in [2.45, 2.75) is 51.9 Å². The normalized spacial score (nSPS) is 24.6. The van der Waals surface area contributed by atoms with Crippen molar-refractivity contribution in [3.8, 4) is 0 Å². The molecule has 0 aromatic heterocycles. The first kappa shape index (κ1) is 12.3.